The van der Waals surface area contributed by atoms with Crippen LogP contribution >= 0.6 is 96.0 Å². The van der Waals surface area contributed by atoms with Gasteiger partial charge in [0.05, 0.1) is 111 Å². The van der Waals surface area contributed by atoms with Crippen LogP contribution in [0.2, 0.25) is 0 Å². The molecule has 8 aliphatic rings. The second kappa shape index (κ2) is 57.9. The molecule has 121 heavy (non-hydrogen) atoms. The third-order valence-corrected chi connectivity index (χ3v) is 18.8. The van der Waals surface area contributed by atoms with Gasteiger partial charge in [-0.1, -0.05) is 81.7 Å². The van der Waals surface area contributed by atoms with Crippen LogP contribution in [0.1, 0.15) is 212 Å². The number of esters is 6. The summed E-state index contributed by atoms with van der Waals surface area (Å²) in [5.74, 6) is -1.48. The van der Waals surface area contributed by atoms with Crippen LogP contribution in [-0.2, 0) is 86.9 Å². The first-order chi connectivity index (χ1) is 52.4. The molecule has 14 rings (SSSR count). The Labute approximate surface area is 752 Å². The van der Waals surface area contributed by atoms with E-state index in [4.69, 9.17) is 56.8 Å². The van der Waals surface area contributed by atoms with E-state index in [1.807, 2.05) is 0 Å². The summed E-state index contributed by atoms with van der Waals surface area (Å²) in [6, 6.07) is 2.92. The second-order valence-corrected chi connectivity index (χ2v) is 27.2. The number of alkyl halides is 6. The maximum Gasteiger partial charge on any atom is 0.360 e. The van der Waals surface area contributed by atoms with E-state index in [-0.39, 0.29) is 258 Å². The highest BCUT2D eigenvalue weighted by molar-refractivity contribution is 9.11. The normalized spacial score (nSPS) is 17.4. The molecule has 692 valence electrons. The maximum atomic E-state index is 13.0. The summed E-state index contributed by atoms with van der Waals surface area (Å²) in [6.45, 7) is 12.4. The number of halogens is 12. The van der Waals surface area contributed by atoms with Crippen molar-refractivity contribution < 1.29 is 131 Å². The highest BCUT2D eigenvalue weighted by Crippen LogP contribution is 2.36. The molecule has 0 saturated carbocycles. The summed E-state index contributed by atoms with van der Waals surface area (Å²) in [5.41, 5.74) is 0.774. The standard InChI is InChI=1S/4C9H10BrFN2O3.2C9H11FN2O3.2C4H4BrNO2.11CH4/c4*1-2-15-9(14)7-6(10)8-13(12-7)3-5(11)4-16-8;2*1-2-14-9(13)7-3-8-12(11-7)4-6(10)5-15-8;2*5-6-3(7)1-2-4(6)8;;;;;;;;;;;/h4*5H,2-4H2,1H3;2*3,6H,2,4-5H2,1H3;2*1-2H2;11*1H4/t3*5-;;6-;;;;;;;;;;;;;;/m110.1............../s1. The van der Waals surface area contributed by atoms with Crippen LogP contribution in [0.15, 0.2) is 30.0 Å². The van der Waals surface area contributed by atoms with Gasteiger partial charge in [-0.25, -0.2) is 91.1 Å². The summed E-state index contributed by atoms with van der Waals surface area (Å²) in [6.07, 6.45) is -5.16. The first-order valence-electron chi connectivity index (χ1n) is 33.2. The number of carbonyl (C=O) groups is 10. The fourth-order valence-electron chi connectivity index (χ4n) is 9.54. The Balaban J connectivity index is -0.000000422. The van der Waals surface area contributed by atoms with Crippen molar-refractivity contribution in [2.24, 2.45) is 0 Å². The lowest BCUT2D eigenvalue weighted by Crippen LogP contribution is -2.26. The minimum absolute atomic E-state index is 0. The van der Waals surface area contributed by atoms with Crippen LogP contribution in [0.3, 0.4) is 0 Å². The fraction of sp³-hybridized carbons (Fsp3) is 0.616. The molecule has 36 nitrogen and oxygen atoms in total. The highest BCUT2D eigenvalue weighted by Gasteiger charge is 2.35. The van der Waals surface area contributed by atoms with E-state index in [0.717, 1.165) is 7.85 Å². The van der Waals surface area contributed by atoms with Gasteiger partial charge in [-0.3, -0.25) is 19.2 Å². The molecule has 0 radical (unpaired) electrons. The third kappa shape index (κ3) is 33.0. The average Bonchev–Trinajstić information content (AvgIpc) is 1.66. The first kappa shape index (κ1) is 121. The molecule has 4 amide bonds. The van der Waals surface area contributed by atoms with E-state index < -0.39 is 72.8 Å². The van der Waals surface area contributed by atoms with Crippen LogP contribution < -0.4 is 28.4 Å². The minimum atomic E-state index is -1.10. The van der Waals surface area contributed by atoms with Crippen molar-refractivity contribution in [3.05, 3.63) is 64.2 Å². The van der Waals surface area contributed by atoms with Gasteiger partial charge in [0, 0.05) is 37.8 Å². The quantitative estimate of drug-likeness (QED) is 0.0361. The highest BCUT2D eigenvalue weighted by atomic mass is 79.9. The number of hydrogen-bond acceptors (Lipinski definition) is 28. The number of ether oxygens (including phenoxy) is 12. The molecule has 14 heterocycles. The zero-order valence-corrected chi connectivity index (χ0v) is 68.5. The van der Waals surface area contributed by atoms with Crippen molar-refractivity contribution in [3.8, 4) is 35.3 Å². The first-order valence-corrected chi connectivity index (χ1v) is 37.8. The molecule has 0 aliphatic carbocycles. The van der Waals surface area contributed by atoms with Crippen molar-refractivity contribution in [2.45, 2.75) is 225 Å². The molecule has 0 spiro atoms. The molecule has 0 N–H and O–H groups in total. The van der Waals surface area contributed by atoms with Gasteiger partial charge in [0.2, 0.25) is 58.9 Å². The zero-order valence-electron chi connectivity index (χ0n) is 59.0. The van der Waals surface area contributed by atoms with Gasteiger partial charge in [-0.15, -0.1) is 0 Å². The van der Waals surface area contributed by atoms with Crippen LogP contribution in [0, 0.1) is 0 Å². The Hall–Kier alpha value is -8.38. The molecule has 0 aromatic carbocycles. The predicted octanol–water partition coefficient (Wildman–Crippen LogP) is 15.7. The molecular weight excluding hydrogens is 2020 g/mol. The van der Waals surface area contributed by atoms with E-state index in [1.165, 1.54) is 40.2 Å². The number of amides is 4. The summed E-state index contributed by atoms with van der Waals surface area (Å²) in [4.78, 5) is 110. The molecule has 2 unspecified atom stereocenters. The lowest BCUT2D eigenvalue weighted by Gasteiger charge is -2.18. The monoisotopic (exact) mass is 2130 g/mol. The van der Waals surface area contributed by atoms with Gasteiger partial charge in [0.15, 0.2) is 71.2 Å². The summed E-state index contributed by atoms with van der Waals surface area (Å²) in [5, 5.41) is 23.6. The maximum absolute atomic E-state index is 13.0. The van der Waals surface area contributed by atoms with Crippen molar-refractivity contribution in [1.29, 1.82) is 0 Å². The van der Waals surface area contributed by atoms with Gasteiger partial charge >= 0.3 is 35.8 Å². The van der Waals surface area contributed by atoms with Gasteiger partial charge < -0.3 is 56.8 Å². The topological polar surface area (TPSA) is 395 Å². The minimum Gasteiger partial charge on any atom is -0.475 e. The van der Waals surface area contributed by atoms with E-state index in [9.17, 15) is 74.3 Å². The van der Waals surface area contributed by atoms with Gasteiger partial charge in [-0.2, -0.15) is 30.6 Å². The van der Waals surface area contributed by atoms with Crippen molar-refractivity contribution >= 4 is 155 Å². The number of carbonyl (C=O) groups excluding carboxylic acids is 10. The van der Waals surface area contributed by atoms with E-state index in [2.05, 4.69) is 127 Å². The molecule has 6 atom stereocenters. The van der Waals surface area contributed by atoms with E-state index in [1.54, 1.807) is 41.5 Å². The molecule has 0 bridgehead atoms. The molecular formula is C73H114Br6F6N14O22. The number of nitrogens with zero attached hydrogens (tertiary/aromatic N) is 14. The Kier molecular flexibility index (Phi) is 57.9. The van der Waals surface area contributed by atoms with Crippen molar-refractivity contribution in [2.75, 3.05) is 79.3 Å². The third-order valence-electron chi connectivity index (χ3n) is 14.4. The van der Waals surface area contributed by atoms with Crippen LogP contribution in [0.4, 0.5) is 26.3 Å². The molecule has 2 fully saturated rings. The largest absolute Gasteiger partial charge is 0.475 e. The Morgan fingerprint density at radius 2 is 0.504 bits per heavy atom. The van der Waals surface area contributed by atoms with E-state index in [0.29, 0.717) is 78.9 Å². The Morgan fingerprint density at radius 1 is 0.322 bits per heavy atom. The average molecular weight is 2130 g/mol. The van der Waals surface area contributed by atoms with Crippen LogP contribution in [0.5, 0.6) is 35.3 Å². The lowest BCUT2D eigenvalue weighted by molar-refractivity contribution is -0.133. The zero-order chi connectivity index (χ0) is 80.8. The summed E-state index contributed by atoms with van der Waals surface area (Å²) >= 11 is 18.4. The Bertz CT molecular complexity index is 3830. The van der Waals surface area contributed by atoms with E-state index >= 15 is 0 Å². The fourth-order valence-corrected chi connectivity index (χ4v) is 12.5. The second-order valence-electron chi connectivity index (χ2n) is 22.6. The predicted molar refractivity (Wildman–Crippen MR) is 456 cm³/mol. The smallest absolute Gasteiger partial charge is 0.360 e. The molecule has 6 aromatic heterocycles. The number of rotatable bonds is 12. The van der Waals surface area contributed by atoms with Crippen molar-refractivity contribution in [3.63, 3.8) is 0 Å². The molecule has 2 saturated heterocycles. The van der Waals surface area contributed by atoms with Crippen LogP contribution in [0.25, 0.3) is 0 Å². The number of hydrogen-bond donors (Lipinski definition) is 0. The van der Waals surface area contributed by atoms with Gasteiger partial charge in [0.25, 0.3) is 0 Å². The van der Waals surface area contributed by atoms with Crippen LogP contribution in [-0.4, -0.2) is 242 Å². The molecule has 6 aromatic rings. The number of imide groups is 2. The van der Waals surface area contributed by atoms with Gasteiger partial charge in [-0.05, 0) is 105 Å². The van der Waals surface area contributed by atoms with Gasteiger partial charge in [0.1, 0.15) is 57.5 Å². The molecule has 8 aliphatic heterocycles. The molecule has 48 heteroatoms. The SMILES string of the molecule is C.C.C.C.C.C.C.C.C.C.C.CCOC(=O)c1cc2n(n1)CC(F)CO2.CCOC(=O)c1cc2n(n1)C[C@@H](F)CO2.CCOC(=O)c1nn2c(c1Br)OCC(F)C2.CCOC(=O)c1nn2c(c1Br)OC[C@@H](F)C2.CCOC(=O)c1nn2c(c1Br)OC[C@H](F)C2.CCOC(=O)c1nn2c(c1Br)OC[C@H](F)C2.O=C1CCC(=O)N1Br.O=C1CCC(=O)N1Br. The Morgan fingerprint density at radius 3 is 0.686 bits per heavy atom. The van der Waals surface area contributed by atoms with Crippen molar-refractivity contribution in [1.82, 2.24) is 66.5 Å². The summed E-state index contributed by atoms with van der Waals surface area (Å²) < 4.78 is 149. The summed E-state index contributed by atoms with van der Waals surface area (Å²) in [7, 11) is 0. The lowest BCUT2D eigenvalue weighted by atomic mass is 10.4. The number of fused-ring (bicyclic) bond motifs is 6. The number of aromatic nitrogens is 12.